The molecule has 0 aliphatic heterocycles. The monoisotopic (exact) mass is 488 g/mol. The summed E-state index contributed by atoms with van der Waals surface area (Å²) in [6.45, 7) is 5.86. The van der Waals surface area contributed by atoms with E-state index in [0.717, 1.165) is 45.5 Å². The second kappa shape index (κ2) is 12.3. The van der Waals surface area contributed by atoms with Crippen LogP contribution in [0.25, 0.3) is 11.0 Å². The van der Waals surface area contributed by atoms with Crippen LogP contribution in [0.15, 0.2) is 88.4 Å². The number of benzene rings is 3. The zero-order chi connectivity index (χ0) is 25.3. The van der Waals surface area contributed by atoms with Gasteiger partial charge in [0.15, 0.2) is 0 Å². The third kappa shape index (κ3) is 7.23. The van der Waals surface area contributed by atoms with Gasteiger partial charge in [0, 0.05) is 34.1 Å². The molecular weight excluding hydrogens is 456 g/mol. The Balaban J connectivity index is 0.000000256. The molecule has 0 spiro atoms. The minimum absolute atomic E-state index is 0.0479. The Morgan fingerprint density at radius 2 is 1.71 bits per heavy atom. The van der Waals surface area contributed by atoms with Crippen molar-refractivity contribution in [3.8, 4) is 0 Å². The zero-order valence-electron chi connectivity index (χ0n) is 20.6. The van der Waals surface area contributed by atoms with Gasteiger partial charge in [-0.2, -0.15) is 0 Å². The lowest BCUT2D eigenvalue weighted by molar-refractivity contribution is -0.115. The molecule has 0 atom stereocenters. The first-order valence-electron chi connectivity index (χ1n) is 11.6. The van der Waals surface area contributed by atoms with Crippen LogP contribution in [-0.4, -0.2) is 25.0 Å². The number of fused-ring (bicyclic) bond motifs is 1. The second-order valence-electron chi connectivity index (χ2n) is 8.61. The molecule has 0 aliphatic carbocycles. The van der Waals surface area contributed by atoms with E-state index >= 15 is 0 Å². The second-order valence-corrected chi connectivity index (χ2v) is 9.94. The number of thioether (sulfide) groups is 1. The summed E-state index contributed by atoms with van der Waals surface area (Å²) in [6, 6.07) is 23.4. The summed E-state index contributed by atoms with van der Waals surface area (Å²) < 4.78 is 5.22. The van der Waals surface area contributed by atoms with Gasteiger partial charge in [0.25, 0.3) is 0 Å². The van der Waals surface area contributed by atoms with E-state index in [-0.39, 0.29) is 5.91 Å². The number of amides is 1. The lowest BCUT2D eigenvalue weighted by Crippen LogP contribution is -2.19. The highest BCUT2D eigenvalue weighted by Crippen LogP contribution is 2.24. The third-order valence-corrected chi connectivity index (χ3v) is 6.47. The molecule has 5 nitrogen and oxygen atoms in total. The molecule has 4 aromatic rings. The van der Waals surface area contributed by atoms with E-state index in [9.17, 15) is 9.59 Å². The SMILES string of the molecule is CCSc1ccc(CC(=O)Nc2ccc(C(C)(C)C=O)cc2)cc1.CNc1cccc2occc12. The molecule has 0 saturated heterocycles. The number of furan rings is 1. The Morgan fingerprint density at radius 1 is 1.00 bits per heavy atom. The van der Waals surface area contributed by atoms with Gasteiger partial charge in [0.1, 0.15) is 11.9 Å². The van der Waals surface area contributed by atoms with Gasteiger partial charge >= 0.3 is 0 Å². The van der Waals surface area contributed by atoms with E-state index in [0.29, 0.717) is 6.42 Å². The molecule has 2 N–H and O–H groups in total. The van der Waals surface area contributed by atoms with Crippen LogP contribution in [0.5, 0.6) is 0 Å². The van der Waals surface area contributed by atoms with E-state index in [1.165, 1.54) is 4.90 Å². The van der Waals surface area contributed by atoms with Crippen molar-refractivity contribution >= 4 is 46.3 Å². The molecule has 4 rings (SSSR count). The fourth-order valence-corrected chi connectivity index (χ4v) is 4.19. The molecule has 0 bridgehead atoms. The van der Waals surface area contributed by atoms with Crippen LogP contribution >= 0.6 is 11.8 Å². The fourth-order valence-electron chi connectivity index (χ4n) is 3.52. The van der Waals surface area contributed by atoms with E-state index in [1.54, 1.807) is 18.0 Å². The van der Waals surface area contributed by atoms with Crippen molar-refractivity contribution < 1.29 is 14.0 Å². The Hall–Kier alpha value is -3.51. The van der Waals surface area contributed by atoms with Crippen LogP contribution < -0.4 is 10.6 Å². The van der Waals surface area contributed by atoms with Gasteiger partial charge in [-0.15, -0.1) is 11.8 Å². The van der Waals surface area contributed by atoms with Crippen molar-refractivity contribution in [1.29, 1.82) is 0 Å². The van der Waals surface area contributed by atoms with Crippen LogP contribution in [-0.2, 0) is 21.4 Å². The standard InChI is InChI=1S/C20H23NO2S.C9H9NO/c1-4-24-18-11-5-15(6-12-18)13-19(23)21-17-9-7-16(8-10-17)20(2,3)14-22;1-10-8-3-2-4-9-7(8)5-6-11-9/h5-12,14H,4,13H2,1-3H3,(H,21,23);2-6,10H,1H3. The van der Waals surface area contributed by atoms with E-state index in [4.69, 9.17) is 4.42 Å². The fraction of sp³-hybridized carbons (Fsp3) is 0.241. The lowest BCUT2D eigenvalue weighted by atomic mass is 9.86. The van der Waals surface area contributed by atoms with Gasteiger partial charge in [-0.3, -0.25) is 4.79 Å². The molecule has 0 saturated carbocycles. The van der Waals surface area contributed by atoms with Gasteiger partial charge in [0.2, 0.25) is 5.91 Å². The summed E-state index contributed by atoms with van der Waals surface area (Å²) in [5.41, 5.74) is 4.18. The maximum absolute atomic E-state index is 12.2. The lowest BCUT2D eigenvalue weighted by Gasteiger charge is -2.17. The van der Waals surface area contributed by atoms with Crippen LogP contribution in [0.2, 0.25) is 0 Å². The molecule has 35 heavy (non-hydrogen) atoms. The molecule has 3 aromatic carbocycles. The molecule has 182 valence electrons. The van der Waals surface area contributed by atoms with Crippen molar-refractivity contribution in [2.24, 2.45) is 0 Å². The van der Waals surface area contributed by atoms with Crippen molar-refractivity contribution in [1.82, 2.24) is 0 Å². The van der Waals surface area contributed by atoms with Gasteiger partial charge in [-0.25, -0.2) is 0 Å². The average Bonchev–Trinajstić information content (AvgIpc) is 3.35. The number of aldehydes is 1. The molecule has 0 fully saturated rings. The normalized spacial score (nSPS) is 10.9. The van der Waals surface area contributed by atoms with Crippen LogP contribution in [0.3, 0.4) is 0 Å². The number of hydrogen-bond donors (Lipinski definition) is 2. The van der Waals surface area contributed by atoms with E-state index < -0.39 is 5.41 Å². The molecule has 1 aromatic heterocycles. The molecule has 1 heterocycles. The van der Waals surface area contributed by atoms with Crippen molar-refractivity contribution in [2.75, 3.05) is 23.4 Å². The predicted octanol–water partition coefficient (Wildman–Crippen LogP) is 6.93. The van der Waals surface area contributed by atoms with Crippen molar-refractivity contribution in [3.05, 3.63) is 90.2 Å². The maximum Gasteiger partial charge on any atom is 0.228 e. The summed E-state index contributed by atoms with van der Waals surface area (Å²) in [6.07, 6.45) is 2.98. The molecule has 0 aliphatic rings. The Kier molecular flexibility index (Phi) is 9.15. The number of hydrogen-bond acceptors (Lipinski definition) is 5. The first-order chi connectivity index (χ1) is 16.9. The predicted molar refractivity (Wildman–Crippen MR) is 146 cm³/mol. The smallest absolute Gasteiger partial charge is 0.228 e. The molecule has 0 unspecified atom stereocenters. The quantitative estimate of drug-likeness (QED) is 0.208. The summed E-state index contributed by atoms with van der Waals surface area (Å²) in [7, 11) is 1.90. The minimum atomic E-state index is -0.513. The summed E-state index contributed by atoms with van der Waals surface area (Å²) in [4.78, 5) is 24.5. The molecular formula is C29H32N2O3S. The number of nitrogens with one attached hydrogen (secondary N) is 2. The highest BCUT2D eigenvalue weighted by Gasteiger charge is 2.19. The topological polar surface area (TPSA) is 71.3 Å². The largest absolute Gasteiger partial charge is 0.464 e. The van der Waals surface area contributed by atoms with Gasteiger partial charge in [-0.1, -0.05) is 37.3 Å². The molecule has 0 radical (unpaired) electrons. The van der Waals surface area contributed by atoms with E-state index in [1.807, 2.05) is 93.7 Å². The number of anilines is 2. The summed E-state index contributed by atoms with van der Waals surface area (Å²) >= 11 is 1.79. The first kappa shape index (κ1) is 26.1. The molecule has 1 amide bonds. The highest BCUT2D eigenvalue weighted by molar-refractivity contribution is 7.99. The van der Waals surface area contributed by atoms with Gasteiger partial charge in [-0.05, 0) is 73.2 Å². The summed E-state index contributed by atoms with van der Waals surface area (Å²) in [5, 5.41) is 7.12. The van der Waals surface area contributed by atoms with Crippen LogP contribution in [0, 0.1) is 0 Å². The van der Waals surface area contributed by atoms with Crippen LogP contribution in [0.1, 0.15) is 31.9 Å². The van der Waals surface area contributed by atoms with Crippen LogP contribution in [0.4, 0.5) is 11.4 Å². The summed E-state index contributed by atoms with van der Waals surface area (Å²) in [5.74, 6) is 0.991. The Morgan fingerprint density at radius 3 is 2.34 bits per heavy atom. The van der Waals surface area contributed by atoms with Gasteiger partial charge in [0.05, 0.1) is 12.7 Å². The highest BCUT2D eigenvalue weighted by atomic mass is 32.2. The number of carbonyl (C=O) groups excluding carboxylic acids is 2. The van der Waals surface area contributed by atoms with E-state index in [2.05, 4.69) is 17.6 Å². The number of carbonyl (C=O) groups is 2. The van der Waals surface area contributed by atoms with Gasteiger partial charge < -0.3 is 19.8 Å². The minimum Gasteiger partial charge on any atom is -0.464 e. The zero-order valence-corrected chi connectivity index (χ0v) is 21.4. The van der Waals surface area contributed by atoms with Crippen molar-refractivity contribution in [3.63, 3.8) is 0 Å². The first-order valence-corrected chi connectivity index (χ1v) is 12.6. The Bertz CT molecular complexity index is 1250. The average molecular weight is 489 g/mol. The molecule has 6 heteroatoms. The third-order valence-electron chi connectivity index (χ3n) is 5.57. The number of rotatable bonds is 8. The Labute approximate surface area is 211 Å². The van der Waals surface area contributed by atoms with Crippen molar-refractivity contribution in [2.45, 2.75) is 37.5 Å². The maximum atomic E-state index is 12.2.